The number of esters is 1. The van der Waals surface area contributed by atoms with Gasteiger partial charge in [-0.15, -0.1) is 0 Å². The predicted octanol–water partition coefficient (Wildman–Crippen LogP) is 3.19. The van der Waals surface area contributed by atoms with Gasteiger partial charge < -0.3 is 70.4 Å². The van der Waals surface area contributed by atoms with Crippen LogP contribution in [0.4, 0.5) is 0 Å². The maximum absolute atomic E-state index is 13.3. The van der Waals surface area contributed by atoms with Gasteiger partial charge in [-0.25, -0.2) is 4.79 Å². The quantitative estimate of drug-likeness (QED) is 0.0940. The van der Waals surface area contributed by atoms with Gasteiger partial charge >= 0.3 is 5.97 Å². The Bertz CT molecular complexity index is 2370. The van der Waals surface area contributed by atoms with Crippen molar-refractivity contribution in [3.63, 3.8) is 0 Å². The van der Waals surface area contributed by atoms with Gasteiger partial charge in [-0.3, -0.25) is 4.79 Å². The van der Waals surface area contributed by atoms with E-state index in [2.05, 4.69) is 0 Å². The lowest BCUT2D eigenvalue weighted by atomic mass is 9.91. The Balaban J connectivity index is 1.37. The van der Waals surface area contributed by atoms with Crippen molar-refractivity contribution < 1.29 is 75.2 Å². The van der Waals surface area contributed by atoms with E-state index in [1.54, 1.807) is 0 Å². The topological polar surface area (TPSA) is 284 Å². The van der Waals surface area contributed by atoms with Crippen LogP contribution in [0.1, 0.15) is 44.8 Å². The summed E-state index contributed by atoms with van der Waals surface area (Å²) in [5.41, 5.74) is -1.57. The summed E-state index contributed by atoms with van der Waals surface area (Å²) in [5, 5.41) is 114. The van der Waals surface area contributed by atoms with Gasteiger partial charge in [0.2, 0.25) is 5.43 Å². The fourth-order valence-corrected chi connectivity index (χ4v) is 6.50. The summed E-state index contributed by atoms with van der Waals surface area (Å²) in [6, 6.07) is 9.39. The van der Waals surface area contributed by atoms with Crippen molar-refractivity contribution in [3.8, 4) is 69.0 Å². The van der Waals surface area contributed by atoms with E-state index >= 15 is 0 Å². The molecule has 0 saturated heterocycles. The van der Waals surface area contributed by atoms with Crippen LogP contribution in [-0.4, -0.2) is 74.3 Å². The van der Waals surface area contributed by atoms with Gasteiger partial charge in [0, 0.05) is 59.4 Å². The van der Waals surface area contributed by atoms with E-state index in [1.807, 2.05) is 0 Å². The minimum Gasteiger partial charge on any atom is -0.508 e. The molecule has 2 heterocycles. The van der Waals surface area contributed by atoms with Crippen molar-refractivity contribution in [3.05, 3.63) is 92.6 Å². The van der Waals surface area contributed by atoms with Crippen LogP contribution in [0.3, 0.4) is 0 Å². The summed E-state index contributed by atoms with van der Waals surface area (Å²) in [6.07, 6.45) is -6.18. The molecule has 0 bridgehead atoms. The highest BCUT2D eigenvalue weighted by molar-refractivity contribution is 5.96. The standard InChI is InChI=1S/C36H28O16/c37-15-6-20(39)17-10-25(44)35(51-26(17)8-15)19-2-12-1-13(3-24(43)32(47)29(12)33(48)30(19)45)34-28(11-18-21(40)7-16(38)9-27(18)50-34)52-36(49)14-4-22(41)31(46)23(42)5-14/h1-9,25,28,34-35,37-42,44-46,48H,10-11H2,(H,43,47)/t25-,28-,34-,35+/m1/s1. The maximum atomic E-state index is 13.3. The van der Waals surface area contributed by atoms with E-state index in [4.69, 9.17) is 14.2 Å². The van der Waals surface area contributed by atoms with E-state index in [1.165, 1.54) is 18.2 Å². The van der Waals surface area contributed by atoms with Crippen molar-refractivity contribution in [2.75, 3.05) is 0 Å². The highest BCUT2D eigenvalue weighted by atomic mass is 16.6. The smallest absolute Gasteiger partial charge is 0.338 e. The van der Waals surface area contributed by atoms with Gasteiger partial charge in [0.15, 0.2) is 46.7 Å². The summed E-state index contributed by atoms with van der Waals surface area (Å²) in [4.78, 5) is 26.6. The van der Waals surface area contributed by atoms with Crippen LogP contribution in [0.5, 0.6) is 69.0 Å². The number of aliphatic hydroxyl groups is 1. The highest BCUT2D eigenvalue weighted by Gasteiger charge is 2.39. The number of carbonyl (C=O) groups excluding carboxylic acids is 1. The van der Waals surface area contributed by atoms with Crippen molar-refractivity contribution in [2.45, 2.75) is 37.3 Å². The molecule has 0 aromatic heterocycles. The first-order valence-electron chi connectivity index (χ1n) is 15.4. The number of fused-ring (bicyclic) bond motifs is 3. The molecule has 5 aromatic rings. The Hall–Kier alpha value is -6.94. The van der Waals surface area contributed by atoms with Crippen molar-refractivity contribution in [1.29, 1.82) is 0 Å². The summed E-state index contributed by atoms with van der Waals surface area (Å²) < 4.78 is 17.6. The number of aliphatic hydroxyl groups excluding tert-OH is 1. The first kappa shape index (κ1) is 33.6. The molecular formula is C36H28O16. The maximum Gasteiger partial charge on any atom is 0.338 e. The average molecular weight is 717 g/mol. The number of ether oxygens (including phenoxy) is 3. The SMILES string of the molecule is O=C(O[C@@H]1Cc2c(O)cc(O)cc2O[C@@H]1c1cc(=O)c(O)c2c(O)c(O)c([C@@H]3Oc4cc(O)cc(O)c4C[C@H]3O)cc2c1)c1cc(O)c(O)c(O)c1. The largest absolute Gasteiger partial charge is 0.508 e. The first-order valence-corrected chi connectivity index (χ1v) is 15.4. The van der Waals surface area contributed by atoms with Gasteiger partial charge in [0.25, 0.3) is 0 Å². The molecular weight excluding hydrogens is 688 g/mol. The second-order valence-electron chi connectivity index (χ2n) is 12.4. The average Bonchev–Trinajstić information content (AvgIpc) is 3.20. The zero-order valence-corrected chi connectivity index (χ0v) is 26.4. The van der Waals surface area contributed by atoms with E-state index in [0.717, 1.165) is 36.4 Å². The molecule has 52 heavy (non-hydrogen) atoms. The zero-order valence-electron chi connectivity index (χ0n) is 26.4. The van der Waals surface area contributed by atoms with Gasteiger partial charge in [0.05, 0.1) is 17.1 Å². The molecule has 2 aliphatic heterocycles. The molecule has 11 N–H and O–H groups in total. The molecule has 16 heteroatoms. The number of hydrogen-bond acceptors (Lipinski definition) is 16. The number of benzene rings is 4. The molecule has 16 nitrogen and oxygen atoms in total. The highest BCUT2D eigenvalue weighted by Crippen LogP contribution is 2.49. The molecule has 0 saturated carbocycles. The van der Waals surface area contributed by atoms with Crippen LogP contribution >= 0.6 is 0 Å². The van der Waals surface area contributed by atoms with E-state index < -0.39 is 92.8 Å². The molecule has 0 spiro atoms. The number of rotatable bonds is 4. The lowest BCUT2D eigenvalue weighted by Gasteiger charge is -2.33. The van der Waals surface area contributed by atoms with Crippen molar-refractivity contribution in [1.82, 2.24) is 0 Å². The van der Waals surface area contributed by atoms with Gasteiger partial charge in [-0.1, -0.05) is 0 Å². The summed E-state index contributed by atoms with van der Waals surface area (Å²) in [5.74, 6) is -8.20. The second kappa shape index (κ2) is 12.1. The second-order valence-corrected chi connectivity index (χ2v) is 12.4. The van der Waals surface area contributed by atoms with Crippen LogP contribution in [0, 0.1) is 0 Å². The van der Waals surface area contributed by atoms with Crippen LogP contribution in [-0.2, 0) is 17.6 Å². The van der Waals surface area contributed by atoms with Crippen molar-refractivity contribution >= 4 is 16.7 Å². The number of hydrogen-bond donors (Lipinski definition) is 11. The molecule has 0 aliphatic carbocycles. The van der Waals surface area contributed by atoms with Crippen LogP contribution in [0.25, 0.3) is 10.8 Å². The molecule has 0 amide bonds. The molecule has 4 atom stereocenters. The van der Waals surface area contributed by atoms with Crippen LogP contribution < -0.4 is 14.9 Å². The lowest BCUT2D eigenvalue weighted by Crippen LogP contribution is -2.35. The van der Waals surface area contributed by atoms with Crippen LogP contribution in [0.15, 0.2) is 59.4 Å². The summed E-state index contributed by atoms with van der Waals surface area (Å²) in [6.45, 7) is 0. The predicted molar refractivity (Wildman–Crippen MR) is 176 cm³/mol. The number of phenolic OH excluding ortho intramolecular Hbond substituents is 9. The van der Waals surface area contributed by atoms with Gasteiger partial charge in [0.1, 0.15) is 40.6 Å². The fraction of sp³-hybridized carbons (Fsp3) is 0.167. The Labute approximate surface area is 290 Å². The lowest BCUT2D eigenvalue weighted by molar-refractivity contribution is -0.0188. The van der Waals surface area contributed by atoms with Gasteiger partial charge in [-0.05, 0) is 35.7 Å². The Morgan fingerprint density at radius 2 is 1.19 bits per heavy atom. The third-order valence-corrected chi connectivity index (χ3v) is 8.98. The zero-order chi connectivity index (χ0) is 37.3. The van der Waals surface area contributed by atoms with Gasteiger partial charge in [-0.2, -0.15) is 0 Å². The molecule has 268 valence electrons. The first-order chi connectivity index (χ1) is 24.6. The fourth-order valence-electron chi connectivity index (χ4n) is 6.50. The molecule has 2 aliphatic rings. The molecule has 0 radical (unpaired) electrons. The number of phenols is 9. The summed E-state index contributed by atoms with van der Waals surface area (Å²) in [7, 11) is 0. The Morgan fingerprint density at radius 3 is 1.81 bits per heavy atom. The molecule has 7 rings (SSSR count). The van der Waals surface area contributed by atoms with Crippen molar-refractivity contribution in [2.24, 2.45) is 0 Å². The molecule has 0 unspecified atom stereocenters. The Kier molecular flexibility index (Phi) is 7.83. The third kappa shape index (κ3) is 5.56. The van der Waals surface area contributed by atoms with E-state index in [0.29, 0.717) is 0 Å². The molecule has 0 fully saturated rings. The van der Waals surface area contributed by atoms with Crippen LogP contribution in [0.2, 0.25) is 0 Å². The third-order valence-electron chi connectivity index (χ3n) is 8.98. The Morgan fingerprint density at radius 1 is 0.615 bits per heavy atom. The minimum atomic E-state index is -1.45. The normalized spacial score (nSPS) is 19.2. The minimum absolute atomic E-state index is 0.0310. The summed E-state index contributed by atoms with van der Waals surface area (Å²) >= 11 is 0. The molecule has 5 aromatic carbocycles. The monoisotopic (exact) mass is 716 g/mol. The van der Waals surface area contributed by atoms with E-state index in [9.17, 15) is 65.8 Å². The number of carbonyl (C=O) groups is 1. The van der Waals surface area contributed by atoms with E-state index in [-0.39, 0.29) is 63.5 Å². The number of aromatic hydroxyl groups is 10.